The Bertz CT molecular complexity index is 876. The number of aromatic nitrogens is 2. The zero-order chi connectivity index (χ0) is 19.8. The van der Waals surface area contributed by atoms with E-state index < -0.39 is 0 Å². The molecule has 3 aliphatic rings. The Labute approximate surface area is 182 Å². The highest BCUT2D eigenvalue weighted by atomic mass is 79.9. The Balaban J connectivity index is 1.22. The summed E-state index contributed by atoms with van der Waals surface area (Å²) in [6, 6.07) is 10.1. The van der Waals surface area contributed by atoms with Gasteiger partial charge in [0.15, 0.2) is 0 Å². The highest BCUT2D eigenvalue weighted by Gasteiger charge is 2.50. The van der Waals surface area contributed by atoms with Gasteiger partial charge in [0.25, 0.3) is 0 Å². The SMILES string of the molecule is O=C1CN(Sc2ccc(Br)cc2)CC2OC3(CCN(c4ccncn4)CC3)CN12. The molecule has 0 bridgehead atoms. The van der Waals surface area contributed by atoms with Crippen LogP contribution < -0.4 is 4.90 Å². The molecule has 1 unspecified atom stereocenters. The van der Waals surface area contributed by atoms with Crippen molar-refractivity contribution >= 4 is 39.6 Å². The standard InChI is InChI=1S/C20H22BrN5O2S/c21-15-1-3-16(4-2-15)29-25-11-18(27)26-13-20(28-19(26)12-25)6-9-24(10-7-20)17-5-8-22-14-23-17/h1-5,8,14,19H,6-7,9-13H2. The molecule has 3 saturated heterocycles. The van der Waals surface area contributed by atoms with Gasteiger partial charge in [-0.15, -0.1) is 0 Å². The number of ether oxygens (including phenoxy) is 1. The summed E-state index contributed by atoms with van der Waals surface area (Å²) in [4.78, 5) is 26.5. The Morgan fingerprint density at radius 3 is 2.69 bits per heavy atom. The molecule has 0 N–H and O–H groups in total. The van der Waals surface area contributed by atoms with Crippen LogP contribution in [0.1, 0.15) is 12.8 Å². The van der Waals surface area contributed by atoms with Crippen molar-refractivity contribution < 1.29 is 9.53 Å². The number of hydrogen-bond acceptors (Lipinski definition) is 7. The van der Waals surface area contributed by atoms with Crippen LogP contribution in [0.15, 0.2) is 52.2 Å². The van der Waals surface area contributed by atoms with E-state index in [2.05, 4.69) is 47.2 Å². The van der Waals surface area contributed by atoms with E-state index in [1.165, 1.54) is 0 Å². The first kappa shape index (κ1) is 19.3. The summed E-state index contributed by atoms with van der Waals surface area (Å²) in [6.45, 7) is 3.60. The van der Waals surface area contributed by atoms with Crippen LogP contribution in [0.4, 0.5) is 5.82 Å². The van der Waals surface area contributed by atoms with E-state index >= 15 is 0 Å². The quantitative estimate of drug-likeness (QED) is 0.632. The van der Waals surface area contributed by atoms with Crippen molar-refractivity contribution in [2.75, 3.05) is 37.6 Å². The smallest absolute Gasteiger partial charge is 0.239 e. The molecule has 0 radical (unpaired) electrons. The van der Waals surface area contributed by atoms with Crippen LogP contribution in [0.2, 0.25) is 0 Å². The number of hydrogen-bond donors (Lipinski definition) is 0. The number of halogens is 1. The maximum absolute atomic E-state index is 12.8. The van der Waals surface area contributed by atoms with Gasteiger partial charge in [-0.25, -0.2) is 14.3 Å². The minimum atomic E-state index is -0.234. The highest BCUT2D eigenvalue weighted by molar-refractivity contribution is 9.10. The molecular weight excluding hydrogens is 454 g/mol. The second kappa shape index (κ2) is 7.86. The number of amides is 1. The lowest BCUT2D eigenvalue weighted by molar-refractivity contribution is -0.144. The van der Waals surface area contributed by atoms with Crippen LogP contribution in [-0.4, -0.2) is 69.6 Å². The molecule has 1 aromatic carbocycles. The summed E-state index contributed by atoms with van der Waals surface area (Å²) in [7, 11) is 0. The monoisotopic (exact) mass is 475 g/mol. The minimum absolute atomic E-state index is 0.154. The van der Waals surface area contributed by atoms with Crippen LogP contribution in [0, 0.1) is 0 Å². The third-order valence-electron chi connectivity index (χ3n) is 5.80. The van der Waals surface area contributed by atoms with Crippen LogP contribution in [0.25, 0.3) is 0 Å². The van der Waals surface area contributed by atoms with Gasteiger partial charge in [0.2, 0.25) is 5.91 Å². The predicted molar refractivity (Wildman–Crippen MR) is 114 cm³/mol. The minimum Gasteiger partial charge on any atom is -0.356 e. The van der Waals surface area contributed by atoms with Gasteiger partial charge < -0.3 is 14.5 Å². The zero-order valence-electron chi connectivity index (χ0n) is 15.9. The zero-order valence-corrected chi connectivity index (χ0v) is 18.3. The Morgan fingerprint density at radius 1 is 1.17 bits per heavy atom. The van der Waals surface area contributed by atoms with Crippen LogP contribution >= 0.6 is 27.9 Å². The lowest BCUT2D eigenvalue weighted by Gasteiger charge is -2.38. The lowest BCUT2D eigenvalue weighted by Crippen LogP contribution is -2.52. The van der Waals surface area contributed by atoms with E-state index in [0.717, 1.165) is 47.7 Å². The van der Waals surface area contributed by atoms with Crippen molar-refractivity contribution in [1.29, 1.82) is 0 Å². The third kappa shape index (κ3) is 4.01. The van der Waals surface area contributed by atoms with Gasteiger partial charge in [-0.05, 0) is 55.1 Å². The molecule has 29 heavy (non-hydrogen) atoms. The Kier molecular flexibility index (Phi) is 5.23. The van der Waals surface area contributed by atoms with Crippen LogP contribution in [0.3, 0.4) is 0 Å². The van der Waals surface area contributed by atoms with Gasteiger partial charge >= 0.3 is 0 Å². The molecule has 5 rings (SSSR count). The fourth-order valence-electron chi connectivity index (χ4n) is 4.27. The van der Waals surface area contributed by atoms with Crippen molar-refractivity contribution in [1.82, 2.24) is 19.2 Å². The normalized spacial score (nSPS) is 24.2. The number of carbonyl (C=O) groups excluding carboxylic acids is 1. The highest BCUT2D eigenvalue weighted by Crippen LogP contribution is 2.39. The molecule has 9 heteroatoms. The maximum Gasteiger partial charge on any atom is 0.239 e. The van der Waals surface area contributed by atoms with E-state index in [4.69, 9.17) is 4.74 Å². The largest absolute Gasteiger partial charge is 0.356 e. The molecule has 3 fully saturated rings. The van der Waals surface area contributed by atoms with E-state index in [9.17, 15) is 4.79 Å². The fourth-order valence-corrected chi connectivity index (χ4v) is 5.47. The number of carbonyl (C=O) groups is 1. The van der Waals surface area contributed by atoms with Gasteiger partial charge in [0, 0.05) is 28.7 Å². The summed E-state index contributed by atoms with van der Waals surface area (Å²) < 4.78 is 9.68. The fraction of sp³-hybridized carbons (Fsp3) is 0.450. The maximum atomic E-state index is 12.8. The van der Waals surface area contributed by atoms with Gasteiger partial charge in [0.05, 0.1) is 25.2 Å². The second-order valence-corrected chi connectivity index (χ2v) is 9.79. The van der Waals surface area contributed by atoms with Gasteiger partial charge in [-0.1, -0.05) is 15.9 Å². The number of benzene rings is 1. The van der Waals surface area contributed by atoms with Crippen molar-refractivity contribution in [3.8, 4) is 0 Å². The van der Waals surface area contributed by atoms with E-state index in [1.54, 1.807) is 24.5 Å². The summed E-state index contributed by atoms with van der Waals surface area (Å²) in [5, 5.41) is 0. The first-order valence-electron chi connectivity index (χ1n) is 9.77. The van der Waals surface area contributed by atoms with Crippen molar-refractivity contribution in [3.05, 3.63) is 47.3 Å². The van der Waals surface area contributed by atoms with E-state index in [-0.39, 0.29) is 17.7 Å². The lowest BCUT2D eigenvalue weighted by atomic mass is 9.91. The summed E-state index contributed by atoms with van der Waals surface area (Å²) in [6.07, 6.45) is 5.00. The topological polar surface area (TPSA) is 61.8 Å². The number of piperazine rings is 1. The predicted octanol–water partition coefficient (Wildman–Crippen LogP) is 2.79. The summed E-state index contributed by atoms with van der Waals surface area (Å²) >= 11 is 5.08. The summed E-state index contributed by atoms with van der Waals surface area (Å²) in [5.41, 5.74) is -0.234. The molecule has 1 spiro atoms. The molecule has 0 aliphatic carbocycles. The third-order valence-corrected chi connectivity index (χ3v) is 7.35. The molecule has 152 valence electrons. The number of anilines is 1. The molecule has 4 heterocycles. The first-order chi connectivity index (χ1) is 14.1. The Morgan fingerprint density at radius 2 is 1.97 bits per heavy atom. The Hall–Kier alpha value is -1.68. The second-order valence-electron chi connectivity index (χ2n) is 7.70. The average Bonchev–Trinajstić information content (AvgIpc) is 3.09. The first-order valence-corrected chi connectivity index (χ1v) is 11.3. The molecule has 7 nitrogen and oxygen atoms in total. The molecule has 0 saturated carbocycles. The van der Waals surface area contributed by atoms with Gasteiger partial charge in [-0.2, -0.15) is 0 Å². The van der Waals surface area contributed by atoms with Crippen LogP contribution in [-0.2, 0) is 9.53 Å². The average molecular weight is 476 g/mol. The molecule has 1 amide bonds. The molecule has 1 atom stereocenters. The van der Waals surface area contributed by atoms with Gasteiger partial charge in [-0.3, -0.25) is 4.79 Å². The molecule has 2 aromatic rings. The summed E-state index contributed by atoms with van der Waals surface area (Å²) in [5.74, 6) is 1.11. The van der Waals surface area contributed by atoms with Crippen LogP contribution in [0.5, 0.6) is 0 Å². The van der Waals surface area contributed by atoms with Crippen molar-refractivity contribution in [2.45, 2.75) is 29.6 Å². The number of fused-ring (bicyclic) bond motifs is 1. The van der Waals surface area contributed by atoms with E-state index in [0.29, 0.717) is 13.1 Å². The van der Waals surface area contributed by atoms with Crippen molar-refractivity contribution in [2.24, 2.45) is 0 Å². The molecular formula is C20H22BrN5O2S. The van der Waals surface area contributed by atoms with Crippen molar-refractivity contribution in [3.63, 3.8) is 0 Å². The molecule has 3 aliphatic heterocycles. The van der Waals surface area contributed by atoms with E-state index in [1.807, 2.05) is 23.1 Å². The number of nitrogens with zero attached hydrogens (tertiary/aromatic N) is 5. The number of rotatable bonds is 3. The van der Waals surface area contributed by atoms with Gasteiger partial charge in [0.1, 0.15) is 18.4 Å². The molecule has 1 aromatic heterocycles. The number of piperidine rings is 1.